The van der Waals surface area contributed by atoms with E-state index in [1.807, 2.05) is 19.1 Å². The van der Waals surface area contributed by atoms with Crippen molar-refractivity contribution in [3.8, 4) is 0 Å². The number of hydrogen-bond acceptors (Lipinski definition) is 5. The third-order valence-corrected chi connectivity index (χ3v) is 5.28. The van der Waals surface area contributed by atoms with Gasteiger partial charge in [0, 0.05) is 5.69 Å². The molecule has 3 amide bonds. The molecule has 144 valence electrons. The summed E-state index contributed by atoms with van der Waals surface area (Å²) in [6.07, 6.45) is 3.22. The van der Waals surface area contributed by atoms with E-state index < -0.39 is 24.5 Å². The maximum Gasteiger partial charge on any atom is 0.329 e. The molecule has 1 aromatic rings. The highest BCUT2D eigenvalue weighted by Gasteiger charge is 2.51. The number of benzene rings is 1. The Hall–Kier alpha value is -2.70. The number of aryl methyl sites for hydroxylation is 1. The van der Waals surface area contributed by atoms with E-state index in [4.69, 9.17) is 4.74 Å². The van der Waals surface area contributed by atoms with Gasteiger partial charge in [0.15, 0.2) is 6.61 Å². The zero-order chi connectivity index (χ0) is 19.6. The van der Waals surface area contributed by atoms with E-state index >= 15 is 0 Å². The summed E-state index contributed by atoms with van der Waals surface area (Å²) in [5, 5.41) is 2.63. The van der Waals surface area contributed by atoms with Crippen LogP contribution in [-0.2, 0) is 23.9 Å². The van der Waals surface area contributed by atoms with Crippen LogP contribution in [0.25, 0.3) is 0 Å². The number of rotatable bonds is 5. The molecule has 1 saturated heterocycles. The molecule has 0 unspecified atom stereocenters. The van der Waals surface area contributed by atoms with Crippen molar-refractivity contribution >= 4 is 29.4 Å². The molecule has 27 heavy (non-hydrogen) atoms. The smallest absolute Gasteiger partial charge is 0.329 e. The molecule has 0 spiro atoms. The number of carbonyl (C=O) groups excluding carboxylic acids is 4. The van der Waals surface area contributed by atoms with E-state index in [0.717, 1.165) is 23.3 Å². The Morgan fingerprint density at radius 2 is 1.67 bits per heavy atom. The summed E-state index contributed by atoms with van der Waals surface area (Å²) in [4.78, 5) is 50.3. The molecular weight excluding hydrogens is 348 g/mol. The van der Waals surface area contributed by atoms with Crippen molar-refractivity contribution in [2.75, 3.05) is 11.9 Å². The molecule has 1 heterocycles. The number of nitrogens with zero attached hydrogens (tertiary/aromatic N) is 1. The van der Waals surface area contributed by atoms with Crippen molar-refractivity contribution in [2.45, 2.75) is 45.6 Å². The van der Waals surface area contributed by atoms with E-state index in [-0.39, 0.29) is 23.7 Å². The Kier molecular flexibility index (Phi) is 5.58. The Morgan fingerprint density at radius 1 is 1.11 bits per heavy atom. The Morgan fingerprint density at radius 3 is 2.22 bits per heavy atom. The van der Waals surface area contributed by atoms with Crippen LogP contribution >= 0.6 is 0 Å². The zero-order valence-corrected chi connectivity index (χ0v) is 15.6. The molecule has 7 nitrogen and oxygen atoms in total. The number of amides is 3. The second kappa shape index (κ2) is 7.90. The van der Waals surface area contributed by atoms with Crippen LogP contribution in [0.4, 0.5) is 5.69 Å². The second-order valence-electron chi connectivity index (χ2n) is 7.24. The predicted molar refractivity (Wildman–Crippen MR) is 97.5 cm³/mol. The quantitative estimate of drug-likeness (QED) is 0.631. The standard InChI is InChI=1S/C20H24N2O5/c1-12-7-9-14(10-8-12)21-17(23)11-27-20(26)13(2)22-18(24)15-5-3-4-6-16(15)19(22)25/h7-10,13,15-16H,3-6,11H2,1-2H3,(H,21,23)/t13-,15-,16-/m0/s1. The summed E-state index contributed by atoms with van der Waals surface area (Å²) in [6.45, 7) is 2.93. The monoisotopic (exact) mass is 372 g/mol. The predicted octanol–water partition coefficient (Wildman–Crippen LogP) is 2.04. The summed E-state index contributed by atoms with van der Waals surface area (Å²) >= 11 is 0. The molecule has 1 saturated carbocycles. The van der Waals surface area contributed by atoms with Gasteiger partial charge in [0.1, 0.15) is 6.04 Å². The van der Waals surface area contributed by atoms with Crippen molar-refractivity contribution in [2.24, 2.45) is 11.8 Å². The number of likely N-dealkylation sites (tertiary alicyclic amines) is 1. The average Bonchev–Trinajstić information content (AvgIpc) is 2.92. The number of imide groups is 1. The lowest BCUT2D eigenvalue weighted by molar-refractivity contribution is -0.159. The molecule has 3 atom stereocenters. The van der Waals surface area contributed by atoms with Crippen molar-refractivity contribution < 1.29 is 23.9 Å². The molecule has 1 aliphatic carbocycles. The van der Waals surface area contributed by atoms with Gasteiger partial charge in [0.25, 0.3) is 5.91 Å². The highest BCUT2D eigenvalue weighted by Crippen LogP contribution is 2.38. The molecule has 3 rings (SSSR count). The first-order chi connectivity index (χ1) is 12.9. The molecular formula is C20H24N2O5. The van der Waals surface area contributed by atoms with E-state index in [1.54, 1.807) is 12.1 Å². The molecule has 2 fully saturated rings. The van der Waals surface area contributed by atoms with Crippen LogP contribution in [0.5, 0.6) is 0 Å². The second-order valence-corrected chi connectivity index (χ2v) is 7.24. The third-order valence-electron chi connectivity index (χ3n) is 5.28. The summed E-state index contributed by atoms with van der Waals surface area (Å²) in [7, 11) is 0. The van der Waals surface area contributed by atoms with E-state index in [1.165, 1.54) is 6.92 Å². The average molecular weight is 372 g/mol. The number of fused-ring (bicyclic) bond motifs is 1. The van der Waals surface area contributed by atoms with Crippen LogP contribution < -0.4 is 5.32 Å². The Balaban J connectivity index is 1.54. The van der Waals surface area contributed by atoms with Crippen LogP contribution in [-0.4, -0.2) is 41.2 Å². The highest BCUT2D eigenvalue weighted by atomic mass is 16.5. The summed E-state index contributed by atoms with van der Waals surface area (Å²) in [6, 6.07) is 6.19. The van der Waals surface area contributed by atoms with Crippen LogP contribution in [0.15, 0.2) is 24.3 Å². The zero-order valence-electron chi connectivity index (χ0n) is 15.6. The minimum atomic E-state index is -1.03. The van der Waals surface area contributed by atoms with E-state index in [9.17, 15) is 19.2 Å². The SMILES string of the molecule is Cc1ccc(NC(=O)COC(=O)[C@H](C)N2C(=O)[C@H]3CCCC[C@@H]3C2=O)cc1. The first-order valence-corrected chi connectivity index (χ1v) is 9.28. The van der Waals surface area contributed by atoms with Gasteiger partial charge < -0.3 is 10.1 Å². The van der Waals surface area contributed by atoms with Gasteiger partial charge in [-0.1, -0.05) is 30.5 Å². The molecule has 0 radical (unpaired) electrons. The fourth-order valence-corrected chi connectivity index (χ4v) is 3.77. The van der Waals surface area contributed by atoms with Gasteiger partial charge in [-0.05, 0) is 38.8 Å². The minimum Gasteiger partial charge on any atom is -0.454 e. The van der Waals surface area contributed by atoms with Gasteiger partial charge in [-0.2, -0.15) is 0 Å². The lowest BCUT2D eigenvalue weighted by atomic mass is 9.81. The topological polar surface area (TPSA) is 92.8 Å². The van der Waals surface area contributed by atoms with Gasteiger partial charge in [0.05, 0.1) is 11.8 Å². The number of hydrogen-bond donors (Lipinski definition) is 1. The summed E-state index contributed by atoms with van der Waals surface area (Å²) in [5.74, 6) is -2.45. The highest BCUT2D eigenvalue weighted by molar-refractivity contribution is 6.08. The first-order valence-electron chi connectivity index (χ1n) is 9.28. The third kappa shape index (κ3) is 4.02. The lowest BCUT2D eigenvalue weighted by Gasteiger charge is -2.21. The minimum absolute atomic E-state index is 0.293. The fraction of sp³-hybridized carbons (Fsp3) is 0.500. The fourth-order valence-electron chi connectivity index (χ4n) is 3.77. The van der Waals surface area contributed by atoms with Crippen LogP contribution in [0.3, 0.4) is 0 Å². The number of ether oxygens (including phenoxy) is 1. The van der Waals surface area contributed by atoms with Crippen molar-refractivity contribution in [3.63, 3.8) is 0 Å². The van der Waals surface area contributed by atoms with Crippen LogP contribution in [0.1, 0.15) is 38.2 Å². The molecule has 0 bridgehead atoms. The molecule has 0 aromatic heterocycles. The number of nitrogens with one attached hydrogen (secondary N) is 1. The van der Waals surface area contributed by atoms with Gasteiger partial charge in [-0.25, -0.2) is 4.79 Å². The molecule has 1 N–H and O–H groups in total. The first kappa shape index (κ1) is 19.1. The maximum atomic E-state index is 12.5. The van der Waals surface area contributed by atoms with Gasteiger partial charge in [-0.15, -0.1) is 0 Å². The van der Waals surface area contributed by atoms with Crippen molar-refractivity contribution in [1.29, 1.82) is 0 Å². The maximum absolute atomic E-state index is 12.5. The van der Waals surface area contributed by atoms with Gasteiger partial charge in [-0.3, -0.25) is 19.3 Å². The summed E-state index contributed by atoms with van der Waals surface area (Å²) < 4.78 is 5.03. The number of esters is 1. The molecule has 7 heteroatoms. The lowest BCUT2D eigenvalue weighted by Crippen LogP contribution is -2.45. The molecule has 1 aliphatic heterocycles. The summed E-state index contributed by atoms with van der Waals surface area (Å²) in [5.41, 5.74) is 1.66. The van der Waals surface area contributed by atoms with E-state index in [2.05, 4.69) is 5.32 Å². The molecule has 2 aliphatic rings. The molecule has 1 aromatic carbocycles. The van der Waals surface area contributed by atoms with E-state index in [0.29, 0.717) is 18.5 Å². The Bertz CT molecular complexity index is 734. The number of carbonyl (C=O) groups is 4. The largest absolute Gasteiger partial charge is 0.454 e. The normalized spacial score (nSPS) is 23.0. The van der Waals surface area contributed by atoms with Crippen molar-refractivity contribution in [1.82, 2.24) is 4.90 Å². The van der Waals surface area contributed by atoms with Crippen LogP contribution in [0.2, 0.25) is 0 Å². The van der Waals surface area contributed by atoms with Gasteiger partial charge in [0.2, 0.25) is 11.8 Å². The van der Waals surface area contributed by atoms with Crippen molar-refractivity contribution in [3.05, 3.63) is 29.8 Å². The number of anilines is 1. The van der Waals surface area contributed by atoms with Gasteiger partial charge >= 0.3 is 5.97 Å². The van der Waals surface area contributed by atoms with Crippen LogP contribution in [0, 0.1) is 18.8 Å². The Labute approximate surface area is 158 Å².